The Bertz CT molecular complexity index is 588. The van der Waals surface area contributed by atoms with E-state index in [1.54, 1.807) is 0 Å². The number of halogens is 2. The van der Waals surface area contributed by atoms with Gasteiger partial charge in [0, 0.05) is 9.30 Å². The van der Waals surface area contributed by atoms with Gasteiger partial charge in [-0.2, -0.15) is 0 Å². The highest BCUT2D eigenvalue weighted by molar-refractivity contribution is 9.11. The molecule has 0 N–H and O–H groups in total. The van der Waals surface area contributed by atoms with Crippen molar-refractivity contribution in [1.82, 2.24) is 0 Å². The third-order valence-corrected chi connectivity index (χ3v) is 4.98. The van der Waals surface area contributed by atoms with Crippen LogP contribution in [0.25, 0.3) is 0 Å². The van der Waals surface area contributed by atoms with Crippen LogP contribution in [0.3, 0.4) is 0 Å². The Morgan fingerprint density at radius 3 is 2.32 bits per heavy atom. The molecule has 0 radical (unpaired) electrons. The van der Waals surface area contributed by atoms with E-state index in [1.807, 2.05) is 0 Å². The number of hydrogen-bond acceptors (Lipinski definition) is 0. The second kappa shape index (κ2) is 6.23. The molecule has 19 heavy (non-hydrogen) atoms. The van der Waals surface area contributed by atoms with Crippen molar-refractivity contribution in [3.8, 4) is 0 Å². The highest BCUT2D eigenvalue weighted by Crippen LogP contribution is 2.33. The second-order valence-corrected chi connectivity index (χ2v) is 7.07. The predicted molar refractivity (Wildman–Crippen MR) is 90.2 cm³/mol. The summed E-state index contributed by atoms with van der Waals surface area (Å²) in [6.45, 7) is 6.44. The zero-order valence-corrected chi connectivity index (χ0v) is 14.7. The van der Waals surface area contributed by atoms with Crippen molar-refractivity contribution in [3.05, 3.63) is 68.7 Å². The first kappa shape index (κ1) is 14.8. The Morgan fingerprint density at radius 1 is 0.947 bits per heavy atom. The van der Waals surface area contributed by atoms with Crippen molar-refractivity contribution in [3.63, 3.8) is 0 Å². The van der Waals surface area contributed by atoms with E-state index in [2.05, 4.69) is 89.0 Å². The fourth-order valence-electron chi connectivity index (χ4n) is 2.13. The molecule has 2 aromatic rings. The smallest absolute Gasteiger partial charge is 0.0446 e. The third kappa shape index (κ3) is 3.70. The molecular formula is C17H18Br2. The molecule has 0 aliphatic heterocycles. The number of hydrogen-bond donors (Lipinski definition) is 0. The summed E-state index contributed by atoms with van der Waals surface area (Å²) in [5.41, 5.74) is 6.68. The summed E-state index contributed by atoms with van der Waals surface area (Å²) in [6, 6.07) is 13.2. The van der Waals surface area contributed by atoms with Crippen LogP contribution < -0.4 is 0 Å². The van der Waals surface area contributed by atoms with Gasteiger partial charge in [-0.1, -0.05) is 62.2 Å². The molecule has 0 spiro atoms. The Balaban J connectivity index is 2.20. The fraction of sp³-hybridized carbons (Fsp3) is 0.294. The summed E-state index contributed by atoms with van der Waals surface area (Å²) in [5, 5.41) is 0. The van der Waals surface area contributed by atoms with E-state index in [9.17, 15) is 0 Å². The number of benzene rings is 2. The van der Waals surface area contributed by atoms with Gasteiger partial charge in [-0.25, -0.2) is 0 Å². The molecule has 0 aliphatic rings. The van der Waals surface area contributed by atoms with E-state index in [-0.39, 0.29) is 0 Å². The number of alkyl halides is 1. The Kier molecular flexibility index (Phi) is 4.86. The van der Waals surface area contributed by atoms with Crippen LogP contribution in [0, 0.1) is 20.8 Å². The quantitative estimate of drug-likeness (QED) is 0.567. The lowest BCUT2D eigenvalue weighted by atomic mass is 10.00. The standard InChI is InChI=1S/C17H18Br2/c1-11-4-7-15(16(18)8-11)17(19)10-14-6-5-12(2)13(3)9-14/h4-9,17H,10H2,1-3H3. The van der Waals surface area contributed by atoms with Gasteiger partial charge in [0.25, 0.3) is 0 Å². The van der Waals surface area contributed by atoms with E-state index in [1.165, 1.54) is 32.3 Å². The highest BCUT2D eigenvalue weighted by Gasteiger charge is 2.12. The topological polar surface area (TPSA) is 0 Å². The van der Waals surface area contributed by atoms with E-state index in [0.29, 0.717) is 4.83 Å². The molecule has 1 atom stereocenters. The van der Waals surface area contributed by atoms with Crippen molar-refractivity contribution < 1.29 is 0 Å². The maximum atomic E-state index is 3.81. The lowest BCUT2D eigenvalue weighted by Gasteiger charge is -2.14. The molecule has 2 heteroatoms. The van der Waals surface area contributed by atoms with Gasteiger partial charge in [0.15, 0.2) is 0 Å². The average Bonchev–Trinajstić information content (AvgIpc) is 2.33. The molecule has 0 heterocycles. The number of aryl methyl sites for hydroxylation is 3. The minimum Gasteiger partial charge on any atom is -0.0835 e. The summed E-state index contributed by atoms with van der Waals surface area (Å²) < 4.78 is 1.18. The number of rotatable bonds is 3. The van der Waals surface area contributed by atoms with Crippen LogP contribution in [0.5, 0.6) is 0 Å². The zero-order chi connectivity index (χ0) is 14.0. The summed E-state index contributed by atoms with van der Waals surface area (Å²) >= 11 is 7.47. The Labute approximate surface area is 132 Å². The van der Waals surface area contributed by atoms with Crippen molar-refractivity contribution in [1.29, 1.82) is 0 Å². The van der Waals surface area contributed by atoms with Crippen LogP contribution in [0.2, 0.25) is 0 Å². The predicted octanol–water partition coefficient (Wildman–Crippen LogP) is 6.05. The summed E-state index contributed by atoms with van der Waals surface area (Å²) in [7, 11) is 0. The molecule has 1 unspecified atom stereocenters. The molecule has 2 rings (SSSR count). The van der Waals surface area contributed by atoms with Crippen LogP contribution in [-0.2, 0) is 6.42 Å². The maximum absolute atomic E-state index is 3.81. The first-order valence-electron chi connectivity index (χ1n) is 6.43. The Hall–Kier alpha value is -0.600. The molecule has 0 saturated carbocycles. The van der Waals surface area contributed by atoms with Crippen LogP contribution in [0.1, 0.15) is 32.6 Å². The van der Waals surface area contributed by atoms with Gasteiger partial charge in [0.2, 0.25) is 0 Å². The van der Waals surface area contributed by atoms with Gasteiger partial charge in [-0.3, -0.25) is 0 Å². The first-order valence-corrected chi connectivity index (χ1v) is 8.14. The molecule has 0 amide bonds. The second-order valence-electron chi connectivity index (χ2n) is 5.12. The summed E-state index contributed by atoms with van der Waals surface area (Å²) in [4.78, 5) is 0.338. The fourth-order valence-corrected chi connectivity index (χ4v) is 3.98. The van der Waals surface area contributed by atoms with Crippen LogP contribution in [-0.4, -0.2) is 0 Å². The molecule has 0 saturated heterocycles. The molecule has 2 aromatic carbocycles. The van der Waals surface area contributed by atoms with Crippen molar-refractivity contribution >= 4 is 31.9 Å². The maximum Gasteiger partial charge on any atom is 0.0446 e. The summed E-state index contributed by atoms with van der Waals surface area (Å²) in [6.07, 6.45) is 1.00. The molecule has 0 aliphatic carbocycles. The largest absolute Gasteiger partial charge is 0.0835 e. The van der Waals surface area contributed by atoms with Gasteiger partial charge in [0.1, 0.15) is 0 Å². The molecule has 0 nitrogen and oxygen atoms in total. The summed E-state index contributed by atoms with van der Waals surface area (Å²) in [5.74, 6) is 0. The SMILES string of the molecule is Cc1ccc(C(Br)Cc2ccc(C)c(C)c2)c(Br)c1. The van der Waals surface area contributed by atoms with Gasteiger partial charge >= 0.3 is 0 Å². The van der Waals surface area contributed by atoms with Gasteiger partial charge in [-0.05, 0) is 61.1 Å². The lowest BCUT2D eigenvalue weighted by Crippen LogP contribution is -1.98. The lowest BCUT2D eigenvalue weighted by molar-refractivity contribution is 0.939. The van der Waals surface area contributed by atoms with Crippen molar-refractivity contribution in [2.45, 2.75) is 32.0 Å². The highest BCUT2D eigenvalue weighted by atomic mass is 79.9. The van der Waals surface area contributed by atoms with Crippen LogP contribution >= 0.6 is 31.9 Å². The van der Waals surface area contributed by atoms with E-state index in [0.717, 1.165) is 6.42 Å². The van der Waals surface area contributed by atoms with Crippen molar-refractivity contribution in [2.75, 3.05) is 0 Å². The van der Waals surface area contributed by atoms with Crippen LogP contribution in [0.15, 0.2) is 40.9 Å². The van der Waals surface area contributed by atoms with Crippen LogP contribution in [0.4, 0.5) is 0 Å². The van der Waals surface area contributed by atoms with E-state index >= 15 is 0 Å². The Morgan fingerprint density at radius 2 is 1.68 bits per heavy atom. The first-order chi connectivity index (χ1) is 8.97. The van der Waals surface area contributed by atoms with E-state index in [4.69, 9.17) is 0 Å². The third-order valence-electron chi connectivity index (χ3n) is 3.48. The molecule has 0 bridgehead atoms. The van der Waals surface area contributed by atoms with Gasteiger partial charge in [0.05, 0.1) is 0 Å². The minimum absolute atomic E-state index is 0.338. The average molecular weight is 382 g/mol. The molecule has 100 valence electrons. The normalized spacial score (nSPS) is 12.5. The van der Waals surface area contributed by atoms with Gasteiger partial charge < -0.3 is 0 Å². The minimum atomic E-state index is 0.338. The van der Waals surface area contributed by atoms with E-state index < -0.39 is 0 Å². The van der Waals surface area contributed by atoms with Crippen molar-refractivity contribution in [2.24, 2.45) is 0 Å². The van der Waals surface area contributed by atoms with Gasteiger partial charge in [-0.15, -0.1) is 0 Å². The zero-order valence-electron chi connectivity index (χ0n) is 11.5. The molecular weight excluding hydrogens is 364 g/mol. The molecule has 0 fully saturated rings. The monoisotopic (exact) mass is 380 g/mol. The molecule has 0 aromatic heterocycles.